The van der Waals surface area contributed by atoms with E-state index in [0.717, 1.165) is 74.8 Å². The lowest BCUT2D eigenvalue weighted by Gasteiger charge is -2.13. The second kappa shape index (κ2) is 12.3. The zero-order chi connectivity index (χ0) is 18.6. The van der Waals surface area contributed by atoms with Gasteiger partial charge in [0.15, 0.2) is 5.96 Å². The molecular formula is C19H29BrFN3O2. The highest BCUT2D eigenvalue weighted by Gasteiger charge is 2.15. The van der Waals surface area contributed by atoms with Crippen LogP contribution in [-0.4, -0.2) is 52.5 Å². The number of guanidine groups is 1. The summed E-state index contributed by atoms with van der Waals surface area (Å²) >= 11 is 3.27. The van der Waals surface area contributed by atoms with E-state index in [4.69, 9.17) is 9.47 Å². The Labute approximate surface area is 163 Å². The highest BCUT2D eigenvalue weighted by atomic mass is 79.9. The smallest absolute Gasteiger partial charge is 0.190 e. The van der Waals surface area contributed by atoms with Crippen LogP contribution in [-0.2, 0) is 15.9 Å². The number of halogens is 2. The highest BCUT2D eigenvalue weighted by molar-refractivity contribution is 9.10. The zero-order valence-corrected chi connectivity index (χ0v) is 17.0. The van der Waals surface area contributed by atoms with Crippen LogP contribution in [0.3, 0.4) is 0 Å². The van der Waals surface area contributed by atoms with Crippen LogP contribution in [0.25, 0.3) is 0 Å². The highest BCUT2D eigenvalue weighted by Crippen LogP contribution is 2.16. The molecule has 5 nitrogen and oxygen atoms in total. The largest absolute Gasteiger partial charge is 0.381 e. The summed E-state index contributed by atoms with van der Waals surface area (Å²) < 4.78 is 25.5. The van der Waals surface area contributed by atoms with Crippen molar-refractivity contribution in [2.24, 2.45) is 10.9 Å². The number of rotatable bonds is 10. The van der Waals surface area contributed by atoms with Crippen LogP contribution in [0.2, 0.25) is 0 Å². The Bertz CT molecular complexity index is 566. The van der Waals surface area contributed by atoms with E-state index >= 15 is 0 Å². The lowest BCUT2D eigenvalue weighted by molar-refractivity contribution is 0.0888. The third-order valence-electron chi connectivity index (χ3n) is 4.29. The number of aliphatic imine (C=N–C) groups is 1. The maximum atomic E-state index is 13.8. The minimum atomic E-state index is -0.161. The number of hydrogen-bond donors (Lipinski definition) is 2. The lowest BCUT2D eigenvalue weighted by Crippen LogP contribution is -2.38. The molecule has 0 bridgehead atoms. The number of ether oxygens (including phenoxy) is 2. The summed E-state index contributed by atoms with van der Waals surface area (Å²) in [6.45, 7) is 4.78. The first-order valence-electron chi connectivity index (χ1n) is 9.23. The molecule has 0 aliphatic carbocycles. The van der Waals surface area contributed by atoms with E-state index in [0.29, 0.717) is 12.3 Å². The van der Waals surface area contributed by atoms with Crippen LogP contribution < -0.4 is 10.6 Å². The fraction of sp³-hybridized carbons (Fsp3) is 0.632. The topological polar surface area (TPSA) is 54.9 Å². The Hall–Kier alpha value is -1.18. The van der Waals surface area contributed by atoms with E-state index in [1.165, 1.54) is 6.07 Å². The molecule has 1 aliphatic heterocycles. The molecule has 1 aromatic rings. The average Bonchev–Trinajstić information content (AvgIpc) is 3.14. The molecule has 1 aromatic carbocycles. The van der Waals surface area contributed by atoms with Gasteiger partial charge in [-0.25, -0.2) is 4.39 Å². The van der Waals surface area contributed by atoms with Crippen molar-refractivity contribution in [2.75, 3.05) is 46.6 Å². The maximum absolute atomic E-state index is 13.8. The van der Waals surface area contributed by atoms with Crippen LogP contribution in [0.1, 0.15) is 24.8 Å². The van der Waals surface area contributed by atoms with Gasteiger partial charge < -0.3 is 20.1 Å². The van der Waals surface area contributed by atoms with E-state index in [-0.39, 0.29) is 5.82 Å². The molecule has 146 valence electrons. The molecule has 0 amide bonds. The van der Waals surface area contributed by atoms with E-state index in [9.17, 15) is 4.39 Å². The Morgan fingerprint density at radius 2 is 2.15 bits per heavy atom. The van der Waals surface area contributed by atoms with Gasteiger partial charge in [0.05, 0.1) is 13.2 Å². The van der Waals surface area contributed by atoms with Gasteiger partial charge in [-0.15, -0.1) is 0 Å². The lowest BCUT2D eigenvalue weighted by atomic mass is 10.1. The van der Waals surface area contributed by atoms with Gasteiger partial charge in [-0.1, -0.05) is 22.0 Å². The molecular weight excluding hydrogens is 401 g/mol. The van der Waals surface area contributed by atoms with Crippen LogP contribution in [0.15, 0.2) is 27.7 Å². The van der Waals surface area contributed by atoms with Crippen molar-refractivity contribution in [3.05, 3.63) is 34.1 Å². The van der Waals surface area contributed by atoms with E-state index in [1.54, 1.807) is 7.05 Å². The first-order valence-corrected chi connectivity index (χ1v) is 10.0. The molecule has 1 saturated heterocycles. The molecule has 1 heterocycles. The van der Waals surface area contributed by atoms with Gasteiger partial charge >= 0.3 is 0 Å². The number of aryl methyl sites for hydroxylation is 1. The van der Waals surface area contributed by atoms with Crippen molar-refractivity contribution in [1.82, 2.24) is 10.6 Å². The van der Waals surface area contributed by atoms with Crippen LogP contribution >= 0.6 is 15.9 Å². The van der Waals surface area contributed by atoms with Gasteiger partial charge in [-0.2, -0.15) is 0 Å². The van der Waals surface area contributed by atoms with Crippen molar-refractivity contribution >= 4 is 21.9 Å². The number of nitrogens with zero attached hydrogens (tertiary/aromatic N) is 1. The predicted octanol–water partition coefficient (Wildman–Crippen LogP) is 3.13. The number of nitrogens with one attached hydrogen (secondary N) is 2. The van der Waals surface area contributed by atoms with Gasteiger partial charge in [-0.05, 0) is 43.4 Å². The van der Waals surface area contributed by atoms with Gasteiger partial charge in [-0.3, -0.25) is 4.99 Å². The Balaban J connectivity index is 1.50. The summed E-state index contributed by atoms with van der Waals surface area (Å²) in [5.41, 5.74) is 0.739. The van der Waals surface area contributed by atoms with E-state index in [1.807, 2.05) is 12.1 Å². The molecule has 0 spiro atoms. The van der Waals surface area contributed by atoms with Gasteiger partial charge in [0.1, 0.15) is 5.82 Å². The molecule has 7 heteroatoms. The molecule has 0 radical (unpaired) electrons. The second-order valence-corrected chi connectivity index (χ2v) is 7.34. The van der Waals surface area contributed by atoms with Gasteiger partial charge in [0, 0.05) is 43.7 Å². The fourth-order valence-corrected chi connectivity index (χ4v) is 3.11. The Morgan fingerprint density at radius 3 is 2.85 bits per heavy atom. The summed E-state index contributed by atoms with van der Waals surface area (Å²) in [6, 6.07) is 5.20. The molecule has 0 saturated carbocycles. The fourth-order valence-electron chi connectivity index (χ4n) is 2.78. The molecule has 2 rings (SSSR count). The maximum Gasteiger partial charge on any atom is 0.190 e. The van der Waals surface area contributed by atoms with E-state index < -0.39 is 0 Å². The van der Waals surface area contributed by atoms with Crippen molar-refractivity contribution in [3.8, 4) is 0 Å². The standard InChI is InChI=1S/C19H29BrFN3O2/c1-22-19(24-9-3-10-25-13-15-7-11-26-14-15)23-8-2-4-16-5-6-17(20)12-18(16)21/h5-6,12,15H,2-4,7-11,13-14H2,1H3,(H2,22,23,24). The van der Waals surface area contributed by atoms with Crippen molar-refractivity contribution < 1.29 is 13.9 Å². The van der Waals surface area contributed by atoms with Crippen LogP contribution in [0.4, 0.5) is 4.39 Å². The number of benzene rings is 1. The Kier molecular flexibility index (Phi) is 9.95. The third-order valence-corrected chi connectivity index (χ3v) is 4.78. The molecule has 1 fully saturated rings. The monoisotopic (exact) mass is 429 g/mol. The average molecular weight is 430 g/mol. The molecule has 26 heavy (non-hydrogen) atoms. The van der Waals surface area contributed by atoms with Crippen molar-refractivity contribution in [1.29, 1.82) is 0 Å². The number of hydrogen-bond acceptors (Lipinski definition) is 3. The van der Waals surface area contributed by atoms with Gasteiger partial charge in [0.2, 0.25) is 0 Å². The zero-order valence-electron chi connectivity index (χ0n) is 15.4. The summed E-state index contributed by atoms with van der Waals surface area (Å²) in [5, 5.41) is 6.53. The Morgan fingerprint density at radius 1 is 1.35 bits per heavy atom. The summed E-state index contributed by atoms with van der Waals surface area (Å²) in [4.78, 5) is 4.20. The minimum Gasteiger partial charge on any atom is -0.381 e. The molecule has 1 unspecified atom stereocenters. The quantitative estimate of drug-likeness (QED) is 0.340. The second-order valence-electron chi connectivity index (χ2n) is 6.42. The SMILES string of the molecule is CN=C(NCCCOCC1CCOC1)NCCCc1ccc(Br)cc1F. The van der Waals surface area contributed by atoms with Crippen LogP contribution in [0, 0.1) is 11.7 Å². The molecule has 1 aliphatic rings. The first-order chi connectivity index (χ1) is 12.7. The van der Waals surface area contributed by atoms with Crippen LogP contribution in [0.5, 0.6) is 0 Å². The molecule has 0 aromatic heterocycles. The first kappa shape index (κ1) is 21.1. The molecule has 1 atom stereocenters. The van der Waals surface area contributed by atoms with E-state index in [2.05, 4.69) is 31.6 Å². The molecule has 2 N–H and O–H groups in total. The van der Waals surface area contributed by atoms with Gasteiger partial charge in [0.25, 0.3) is 0 Å². The summed E-state index contributed by atoms with van der Waals surface area (Å²) in [7, 11) is 1.75. The van der Waals surface area contributed by atoms with Crippen molar-refractivity contribution in [2.45, 2.75) is 25.7 Å². The summed E-state index contributed by atoms with van der Waals surface area (Å²) in [5.74, 6) is 1.17. The summed E-state index contributed by atoms with van der Waals surface area (Å²) in [6.07, 6.45) is 3.57. The van der Waals surface area contributed by atoms with Crippen molar-refractivity contribution in [3.63, 3.8) is 0 Å². The normalized spacial score (nSPS) is 17.5. The minimum absolute atomic E-state index is 0.161. The third kappa shape index (κ3) is 8.01. The predicted molar refractivity (Wildman–Crippen MR) is 106 cm³/mol.